The lowest BCUT2D eigenvalue weighted by atomic mass is 9.96. The van der Waals surface area contributed by atoms with E-state index in [1.807, 2.05) is 11.3 Å². The number of hydrogen-bond donors (Lipinski definition) is 1. The van der Waals surface area contributed by atoms with Gasteiger partial charge in [-0.3, -0.25) is 0 Å². The van der Waals surface area contributed by atoms with Crippen LogP contribution in [-0.2, 0) is 0 Å². The van der Waals surface area contributed by atoms with Gasteiger partial charge in [-0.2, -0.15) is 0 Å². The van der Waals surface area contributed by atoms with Gasteiger partial charge in [0.2, 0.25) is 0 Å². The topological polar surface area (TPSA) is 15.8 Å². The standard InChI is InChI=1S/C32H19NS/c1-2-8-19(9-3-1)20-14-15-29-25(16-20)26-17-27-28(18-30(26)34-29)33-32-24-13-7-5-11-22(24)21-10-4-6-12-23(21)31(27)32/h1-18,33H. The Hall–Kier alpha value is -4.14. The van der Waals surface area contributed by atoms with Crippen molar-refractivity contribution in [3.05, 3.63) is 109 Å². The Morgan fingerprint density at radius 2 is 1.12 bits per heavy atom. The lowest BCUT2D eigenvalue weighted by Crippen LogP contribution is -1.80. The van der Waals surface area contributed by atoms with Gasteiger partial charge >= 0.3 is 0 Å². The van der Waals surface area contributed by atoms with Gasteiger partial charge in [-0.15, -0.1) is 11.3 Å². The Bertz CT molecular complexity index is 2060. The highest BCUT2D eigenvalue weighted by atomic mass is 32.1. The summed E-state index contributed by atoms with van der Waals surface area (Å²) in [5.74, 6) is 0. The number of aromatic nitrogens is 1. The van der Waals surface area contributed by atoms with Gasteiger partial charge in [0.05, 0.1) is 5.52 Å². The van der Waals surface area contributed by atoms with E-state index in [2.05, 4.69) is 114 Å². The van der Waals surface area contributed by atoms with Crippen molar-refractivity contribution in [3.8, 4) is 11.1 Å². The number of thiophene rings is 1. The maximum absolute atomic E-state index is 3.79. The lowest BCUT2D eigenvalue weighted by molar-refractivity contribution is 1.58. The first-order valence-corrected chi connectivity index (χ1v) is 12.4. The van der Waals surface area contributed by atoms with Crippen molar-refractivity contribution in [3.63, 3.8) is 0 Å². The van der Waals surface area contributed by atoms with Crippen LogP contribution in [0.3, 0.4) is 0 Å². The number of rotatable bonds is 1. The van der Waals surface area contributed by atoms with Gasteiger partial charge in [-0.25, -0.2) is 0 Å². The van der Waals surface area contributed by atoms with Crippen LogP contribution in [0.15, 0.2) is 109 Å². The summed E-state index contributed by atoms with van der Waals surface area (Å²) in [4.78, 5) is 3.79. The van der Waals surface area contributed by atoms with E-state index < -0.39 is 0 Å². The van der Waals surface area contributed by atoms with Crippen LogP contribution >= 0.6 is 11.3 Å². The average molecular weight is 450 g/mol. The molecule has 0 bridgehead atoms. The first-order chi connectivity index (χ1) is 16.8. The van der Waals surface area contributed by atoms with E-state index in [1.54, 1.807) is 0 Å². The lowest BCUT2D eigenvalue weighted by Gasteiger charge is -2.07. The average Bonchev–Trinajstić information content (AvgIpc) is 3.45. The molecule has 0 unspecified atom stereocenters. The van der Waals surface area contributed by atoms with Crippen molar-refractivity contribution in [1.29, 1.82) is 0 Å². The maximum Gasteiger partial charge on any atom is 0.0551 e. The van der Waals surface area contributed by atoms with E-state index in [0.717, 1.165) is 0 Å². The molecule has 0 aliphatic heterocycles. The second kappa shape index (κ2) is 6.69. The normalized spacial score (nSPS) is 12.1. The van der Waals surface area contributed by atoms with Crippen molar-refractivity contribution in [2.45, 2.75) is 0 Å². The molecule has 0 atom stereocenters. The predicted molar refractivity (Wildman–Crippen MR) is 149 cm³/mol. The van der Waals surface area contributed by atoms with Gasteiger partial charge in [0, 0.05) is 41.8 Å². The zero-order chi connectivity index (χ0) is 22.2. The van der Waals surface area contributed by atoms with Crippen LogP contribution in [-0.4, -0.2) is 4.98 Å². The fourth-order valence-electron chi connectivity index (χ4n) is 5.63. The summed E-state index contributed by atoms with van der Waals surface area (Å²) < 4.78 is 2.66. The maximum atomic E-state index is 3.79. The molecule has 8 rings (SSSR count). The zero-order valence-electron chi connectivity index (χ0n) is 18.3. The van der Waals surface area contributed by atoms with Crippen LogP contribution in [0.25, 0.3) is 74.6 Å². The molecule has 8 aromatic rings. The molecule has 0 saturated heterocycles. The summed E-state index contributed by atoms with van der Waals surface area (Å²) >= 11 is 1.88. The number of H-pyrrole nitrogens is 1. The molecule has 1 nitrogen and oxygen atoms in total. The summed E-state index contributed by atoms with van der Waals surface area (Å²) in [5.41, 5.74) is 4.97. The van der Waals surface area contributed by atoms with Crippen LogP contribution in [0.2, 0.25) is 0 Å². The molecular formula is C32H19NS. The van der Waals surface area contributed by atoms with Crippen molar-refractivity contribution >= 4 is 74.9 Å². The smallest absolute Gasteiger partial charge is 0.0551 e. The number of benzene rings is 6. The molecule has 6 aromatic carbocycles. The Balaban J connectivity index is 1.52. The summed E-state index contributed by atoms with van der Waals surface area (Å²) in [7, 11) is 0. The van der Waals surface area contributed by atoms with Gasteiger partial charge in [0.15, 0.2) is 0 Å². The van der Waals surface area contributed by atoms with Crippen LogP contribution in [0, 0.1) is 0 Å². The van der Waals surface area contributed by atoms with Gasteiger partial charge in [-0.05, 0) is 51.6 Å². The summed E-state index contributed by atoms with van der Waals surface area (Å²) in [6, 6.07) is 39.9. The van der Waals surface area contributed by atoms with Crippen molar-refractivity contribution < 1.29 is 0 Å². The summed E-state index contributed by atoms with van der Waals surface area (Å²) in [6.07, 6.45) is 0. The largest absolute Gasteiger partial charge is 0.354 e. The molecule has 1 N–H and O–H groups in total. The van der Waals surface area contributed by atoms with Gasteiger partial charge < -0.3 is 4.98 Å². The molecule has 0 fully saturated rings. The Labute approximate surface area is 199 Å². The van der Waals surface area contributed by atoms with Crippen LogP contribution in [0.1, 0.15) is 0 Å². The van der Waals surface area contributed by atoms with Crippen LogP contribution in [0.5, 0.6) is 0 Å². The SMILES string of the molecule is c1ccc(-c2ccc3sc4cc5[nH]c6c7ccccc7c7ccccc7c6c5cc4c3c2)cc1. The highest BCUT2D eigenvalue weighted by Crippen LogP contribution is 2.43. The first kappa shape index (κ1) is 18.3. The second-order valence-corrected chi connectivity index (χ2v) is 10.1. The van der Waals surface area contributed by atoms with Crippen molar-refractivity contribution in [2.24, 2.45) is 0 Å². The summed E-state index contributed by atoms with van der Waals surface area (Å²) in [6.45, 7) is 0. The van der Waals surface area contributed by atoms with Crippen LogP contribution < -0.4 is 0 Å². The number of fused-ring (bicyclic) bond motifs is 11. The highest BCUT2D eigenvalue weighted by Gasteiger charge is 2.16. The minimum atomic E-state index is 1.21. The molecule has 158 valence electrons. The monoisotopic (exact) mass is 449 g/mol. The van der Waals surface area contributed by atoms with E-state index in [-0.39, 0.29) is 0 Å². The van der Waals surface area contributed by atoms with Gasteiger partial charge in [0.25, 0.3) is 0 Å². The van der Waals surface area contributed by atoms with E-state index in [9.17, 15) is 0 Å². The molecule has 0 radical (unpaired) electrons. The molecule has 2 heterocycles. The minimum Gasteiger partial charge on any atom is -0.354 e. The third-order valence-corrected chi connectivity index (χ3v) is 8.31. The molecule has 0 aliphatic rings. The van der Waals surface area contributed by atoms with Crippen molar-refractivity contribution in [2.75, 3.05) is 0 Å². The molecule has 0 saturated carbocycles. The molecular weight excluding hydrogens is 430 g/mol. The number of aromatic amines is 1. The van der Waals surface area contributed by atoms with E-state index in [4.69, 9.17) is 0 Å². The molecule has 34 heavy (non-hydrogen) atoms. The fourth-order valence-corrected chi connectivity index (χ4v) is 6.74. The molecule has 0 amide bonds. The van der Waals surface area contributed by atoms with E-state index in [0.29, 0.717) is 0 Å². The molecule has 2 heteroatoms. The summed E-state index contributed by atoms with van der Waals surface area (Å²) in [5, 5.41) is 10.5. The Morgan fingerprint density at radius 3 is 1.94 bits per heavy atom. The number of nitrogens with one attached hydrogen (secondary N) is 1. The van der Waals surface area contributed by atoms with Crippen molar-refractivity contribution in [1.82, 2.24) is 4.98 Å². The highest BCUT2D eigenvalue weighted by molar-refractivity contribution is 7.25. The third kappa shape index (κ3) is 2.43. The Morgan fingerprint density at radius 1 is 0.441 bits per heavy atom. The minimum absolute atomic E-state index is 1.21. The van der Waals surface area contributed by atoms with Crippen LogP contribution in [0.4, 0.5) is 0 Å². The fraction of sp³-hybridized carbons (Fsp3) is 0. The number of hydrogen-bond acceptors (Lipinski definition) is 1. The quantitative estimate of drug-likeness (QED) is 0.240. The van der Waals surface area contributed by atoms with E-state index in [1.165, 1.54) is 74.6 Å². The molecule has 2 aromatic heterocycles. The molecule has 0 aliphatic carbocycles. The second-order valence-electron chi connectivity index (χ2n) is 9.04. The Kier molecular flexibility index (Phi) is 3.60. The zero-order valence-corrected chi connectivity index (χ0v) is 19.1. The molecule has 0 spiro atoms. The van der Waals surface area contributed by atoms with Gasteiger partial charge in [-0.1, -0.05) is 84.9 Å². The van der Waals surface area contributed by atoms with E-state index >= 15 is 0 Å². The predicted octanol–water partition coefficient (Wildman–Crippen LogP) is 9.66. The third-order valence-electron chi connectivity index (χ3n) is 7.18. The van der Waals surface area contributed by atoms with Gasteiger partial charge in [0.1, 0.15) is 0 Å². The first-order valence-electron chi connectivity index (χ1n) is 11.6.